The minimum Gasteiger partial charge on any atom is -0.461 e. The van der Waals surface area contributed by atoms with Crippen molar-refractivity contribution in [2.24, 2.45) is 5.92 Å². The lowest BCUT2D eigenvalue weighted by molar-refractivity contribution is -0.119. The second kappa shape index (κ2) is 6.72. The minimum absolute atomic E-state index is 0.00605. The molecule has 1 aliphatic rings. The zero-order chi connectivity index (χ0) is 18.1. The topological polar surface area (TPSA) is 92.4 Å². The molecule has 0 saturated heterocycles. The van der Waals surface area contributed by atoms with Crippen molar-refractivity contribution in [3.8, 4) is 0 Å². The molecular formula is C20H18N2O4. The van der Waals surface area contributed by atoms with E-state index in [2.05, 4.69) is 10.3 Å². The summed E-state index contributed by atoms with van der Waals surface area (Å²) in [4.78, 5) is 29.1. The number of hydrogen-bond acceptors (Lipinski definition) is 5. The maximum absolute atomic E-state index is 12.4. The van der Waals surface area contributed by atoms with Crippen LogP contribution < -0.4 is 5.32 Å². The summed E-state index contributed by atoms with van der Waals surface area (Å²) in [5.74, 6) is -1.37. The molecule has 132 valence electrons. The van der Waals surface area contributed by atoms with Gasteiger partial charge in [0.25, 0.3) is 11.7 Å². The van der Waals surface area contributed by atoms with Gasteiger partial charge >= 0.3 is 0 Å². The molecule has 1 saturated carbocycles. The van der Waals surface area contributed by atoms with Crippen LogP contribution >= 0.6 is 0 Å². The van der Waals surface area contributed by atoms with E-state index >= 15 is 0 Å². The Morgan fingerprint density at radius 1 is 1.19 bits per heavy atom. The Morgan fingerprint density at radius 3 is 2.73 bits per heavy atom. The molecule has 1 amide bonds. The molecule has 2 heterocycles. The van der Waals surface area contributed by atoms with Crippen molar-refractivity contribution in [3.05, 3.63) is 66.2 Å². The number of para-hydroxylation sites is 1. The first-order valence-corrected chi connectivity index (χ1v) is 8.53. The molecule has 0 unspecified atom stereocenters. The standard InChI is InChI=1S/C20H18N2O4/c23-15-9-13(10-15)18(22-20(25)19(24)17-6-3-7-26-17)14-8-12-4-1-2-5-16(12)21-11-14/h1-8,11,13,15,18,23H,9-10H2,(H,22,25)/t13?,15?,18-/m0/s1. The van der Waals surface area contributed by atoms with E-state index < -0.39 is 11.7 Å². The summed E-state index contributed by atoms with van der Waals surface area (Å²) >= 11 is 0. The Morgan fingerprint density at radius 2 is 2.00 bits per heavy atom. The molecule has 0 radical (unpaired) electrons. The van der Waals surface area contributed by atoms with Gasteiger partial charge in [0.2, 0.25) is 0 Å². The number of Topliss-reactive ketones (excluding diaryl/α,β-unsaturated/α-hetero) is 1. The van der Waals surface area contributed by atoms with Crippen LogP contribution in [0.3, 0.4) is 0 Å². The SMILES string of the molecule is O=C(N[C@H](c1cnc2ccccc2c1)C1CC(O)C1)C(=O)c1ccco1. The predicted octanol–water partition coefficient (Wildman–Crippen LogP) is 2.64. The number of carbonyl (C=O) groups is 2. The summed E-state index contributed by atoms with van der Waals surface area (Å²) in [5.41, 5.74) is 1.68. The molecule has 6 heteroatoms. The number of nitrogens with one attached hydrogen (secondary N) is 1. The first-order valence-electron chi connectivity index (χ1n) is 8.53. The van der Waals surface area contributed by atoms with Gasteiger partial charge in [-0.1, -0.05) is 18.2 Å². The lowest BCUT2D eigenvalue weighted by atomic mass is 9.75. The number of ketones is 1. The number of amides is 1. The summed E-state index contributed by atoms with van der Waals surface area (Å²) in [5, 5.41) is 13.4. The number of aliphatic hydroxyl groups excluding tert-OH is 1. The summed E-state index contributed by atoms with van der Waals surface area (Å²) < 4.78 is 5.02. The highest BCUT2D eigenvalue weighted by Gasteiger charge is 2.37. The Kier molecular flexibility index (Phi) is 4.26. The predicted molar refractivity (Wildman–Crippen MR) is 94.4 cm³/mol. The number of aliphatic hydroxyl groups is 1. The molecule has 2 N–H and O–H groups in total. The van der Waals surface area contributed by atoms with Gasteiger partial charge in [0.1, 0.15) is 0 Å². The summed E-state index contributed by atoms with van der Waals surface area (Å²) in [6.45, 7) is 0. The number of benzene rings is 1. The van der Waals surface area contributed by atoms with Crippen LogP contribution in [0.5, 0.6) is 0 Å². The van der Waals surface area contributed by atoms with Crippen LogP contribution in [0.4, 0.5) is 0 Å². The smallest absolute Gasteiger partial charge is 0.296 e. The van der Waals surface area contributed by atoms with Crippen molar-refractivity contribution in [1.82, 2.24) is 10.3 Å². The molecule has 1 atom stereocenters. The average Bonchev–Trinajstić information content (AvgIpc) is 3.17. The summed E-state index contributed by atoms with van der Waals surface area (Å²) in [6, 6.07) is 12.3. The third kappa shape index (κ3) is 3.11. The van der Waals surface area contributed by atoms with Gasteiger partial charge in [-0.2, -0.15) is 0 Å². The van der Waals surface area contributed by atoms with E-state index in [1.807, 2.05) is 30.3 Å². The van der Waals surface area contributed by atoms with Gasteiger partial charge in [0, 0.05) is 11.6 Å². The highest BCUT2D eigenvalue weighted by atomic mass is 16.3. The first-order chi connectivity index (χ1) is 12.6. The monoisotopic (exact) mass is 350 g/mol. The van der Waals surface area contributed by atoms with Gasteiger partial charge in [-0.3, -0.25) is 14.6 Å². The summed E-state index contributed by atoms with van der Waals surface area (Å²) in [7, 11) is 0. The van der Waals surface area contributed by atoms with Gasteiger partial charge in [0.05, 0.1) is 23.9 Å². The number of carbonyl (C=O) groups excluding carboxylic acids is 2. The van der Waals surface area contributed by atoms with Crippen molar-refractivity contribution in [2.75, 3.05) is 0 Å². The van der Waals surface area contributed by atoms with E-state index in [1.165, 1.54) is 12.3 Å². The fourth-order valence-electron chi connectivity index (χ4n) is 3.36. The van der Waals surface area contributed by atoms with Crippen LogP contribution in [0.25, 0.3) is 10.9 Å². The van der Waals surface area contributed by atoms with Gasteiger partial charge in [0.15, 0.2) is 5.76 Å². The third-order valence-electron chi connectivity index (χ3n) is 4.83. The average molecular weight is 350 g/mol. The molecule has 0 aliphatic heterocycles. The molecule has 1 fully saturated rings. The molecule has 26 heavy (non-hydrogen) atoms. The third-order valence-corrected chi connectivity index (χ3v) is 4.83. The van der Waals surface area contributed by atoms with Crippen LogP contribution in [0.15, 0.2) is 59.3 Å². The molecule has 2 aromatic heterocycles. The van der Waals surface area contributed by atoms with Crippen LogP contribution in [0.1, 0.15) is 35.0 Å². The van der Waals surface area contributed by atoms with Crippen LogP contribution in [-0.2, 0) is 4.79 Å². The lowest BCUT2D eigenvalue weighted by Crippen LogP contribution is -2.43. The van der Waals surface area contributed by atoms with E-state index in [9.17, 15) is 14.7 Å². The quantitative estimate of drug-likeness (QED) is 0.545. The zero-order valence-electron chi connectivity index (χ0n) is 14.0. The van der Waals surface area contributed by atoms with Gasteiger partial charge in [-0.15, -0.1) is 0 Å². The van der Waals surface area contributed by atoms with Gasteiger partial charge < -0.3 is 14.8 Å². The number of rotatable bonds is 5. The van der Waals surface area contributed by atoms with Crippen molar-refractivity contribution in [3.63, 3.8) is 0 Å². The zero-order valence-corrected chi connectivity index (χ0v) is 14.0. The van der Waals surface area contributed by atoms with E-state index in [-0.39, 0.29) is 23.8 Å². The number of aromatic nitrogens is 1. The summed E-state index contributed by atoms with van der Waals surface area (Å²) in [6.07, 6.45) is 3.86. The number of pyridine rings is 1. The maximum Gasteiger partial charge on any atom is 0.296 e. The van der Waals surface area contributed by atoms with Gasteiger partial charge in [-0.05, 0) is 48.6 Å². The Balaban J connectivity index is 1.61. The fourth-order valence-corrected chi connectivity index (χ4v) is 3.36. The Labute approximate surface area is 149 Å². The number of furan rings is 1. The largest absolute Gasteiger partial charge is 0.461 e. The van der Waals surface area contributed by atoms with E-state index in [0.29, 0.717) is 12.8 Å². The molecule has 3 aromatic rings. The molecule has 4 rings (SSSR count). The molecule has 1 aliphatic carbocycles. The lowest BCUT2D eigenvalue weighted by Gasteiger charge is -2.38. The van der Waals surface area contributed by atoms with E-state index in [1.54, 1.807) is 12.3 Å². The van der Waals surface area contributed by atoms with E-state index in [4.69, 9.17) is 4.42 Å². The van der Waals surface area contributed by atoms with Crippen LogP contribution in [0, 0.1) is 5.92 Å². The van der Waals surface area contributed by atoms with Crippen LogP contribution in [0.2, 0.25) is 0 Å². The maximum atomic E-state index is 12.4. The van der Waals surface area contributed by atoms with Gasteiger partial charge in [-0.25, -0.2) is 0 Å². The molecule has 1 aromatic carbocycles. The molecule has 0 spiro atoms. The van der Waals surface area contributed by atoms with Crippen molar-refractivity contribution in [1.29, 1.82) is 0 Å². The Hall–Kier alpha value is -2.99. The van der Waals surface area contributed by atoms with Crippen molar-refractivity contribution < 1.29 is 19.1 Å². The molecular weight excluding hydrogens is 332 g/mol. The number of nitrogens with zero attached hydrogens (tertiary/aromatic N) is 1. The number of hydrogen-bond donors (Lipinski definition) is 2. The number of fused-ring (bicyclic) bond motifs is 1. The van der Waals surface area contributed by atoms with Crippen molar-refractivity contribution >= 4 is 22.6 Å². The normalized spacial score (nSPS) is 20.3. The second-order valence-electron chi connectivity index (χ2n) is 6.60. The fraction of sp³-hybridized carbons (Fsp3) is 0.250. The Bertz CT molecular complexity index is 945. The highest BCUT2D eigenvalue weighted by Crippen LogP contribution is 2.38. The van der Waals surface area contributed by atoms with E-state index in [0.717, 1.165) is 16.5 Å². The first kappa shape index (κ1) is 16.5. The van der Waals surface area contributed by atoms with Crippen LogP contribution in [-0.4, -0.2) is 27.9 Å². The van der Waals surface area contributed by atoms with Crippen molar-refractivity contribution in [2.45, 2.75) is 25.0 Å². The molecule has 0 bridgehead atoms. The molecule has 6 nitrogen and oxygen atoms in total. The second-order valence-corrected chi connectivity index (χ2v) is 6.60. The minimum atomic E-state index is -0.723. The highest BCUT2D eigenvalue weighted by molar-refractivity contribution is 6.42.